The number of ether oxygens (including phenoxy) is 1. The number of esters is 1. The first-order chi connectivity index (χ1) is 27.3. The normalized spacial score (nSPS) is 12.5. The average molecular weight is 793 g/mol. The van der Waals surface area contributed by atoms with Crippen LogP contribution in [0.1, 0.15) is 239 Å². The number of hydrogen-bond donors (Lipinski definition) is 4. The Morgan fingerprint density at radius 1 is 0.518 bits per heavy atom. The van der Waals surface area contributed by atoms with Crippen LogP contribution in [0.3, 0.4) is 0 Å². The average Bonchev–Trinajstić information content (AvgIpc) is 3.18. The quantitative estimate of drug-likeness (QED) is 0.0273. The molecule has 56 heavy (non-hydrogen) atoms. The van der Waals surface area contributed by atoms with Gasteiger partial charge in [-0.15, -0.1) is 0 Å². The molecular formula is C47H88N2O7. The van der Waals surface area contributed by atoms with E-state index in [-0.39, 0.29) is 24.5 Å². The largest absolute Gasteiger partial charge is 0.480 e. The standard InChI is InChI=1S/C47H88N2O7/c1-3-5-7-9-11-13-15-17-18-20-22-24-26-31-35-39-46(53)56-42(36-32-28-25-23-21-19-16-14-12-10-8-6-4-2)37-33-29-27-30-34-38-44(51)48-40-45(52)49-43(41-50)47(54)55/h17-18,42-43,50H,3-16,19-41H2,1-2H3,(H,48,51)(H,49,52)(H,54,55)/b18-17-. The third-order valence-electron chi connectivity index (χ3n) is 10.8. The molecule has 0 heterocycles. The number of carbonyl (C=O) groups is 4. The van der Waals surface area contributed by atoms with Gasteiger partial charge in [0.2, 0.25) is 11.8 Å². The molecular weight excluding hydrogens is 705 g/mol. The molecule has 328 valence electrons. The van der Waals surface area contributed by atoms with Gasteiger partial charge < -0.3 is 25.6 Å². The van der Waals surface area contributed by atoms with E-state index in [2.05, 4.69) is 36.6 Å². The fraction of sp³-hybridized carbons (Fsp3) is 0.872. The summed E-state index contributed by atoms with van der Waals surface area (Å²) in [6, 6.07) is -1.38. The summed E-state index contributed by atoms with van der Waals surface area (Å²) < 4.78 is 6.05. The van der Waals surface area contributed by atoms with E-state index < -0.39 is 24.5 Å². The number of amides is 2. The molecule has 9 heteroatoms. The lowest BCUT2D eigenvalue weighted by molar-refractivity contribution is -0.150. The first-order valence-corrected chi connectivity index (χ1v) is 23.6. The summed E-state index contributed by atoms with van der Waals surface area (Å²) in [5, 5.41) is 22.6. The van der Waals surface area contributed by atoms with Crippen LogP contribution in [0.4, 0.5) is 0 Å². The van der Waals surface area contributed by atoms with Gasteiger partial charge in [0.05, 0.1) is 13.2 Å². The molecule has 0 aromatic rings. The monoisotopic (exact) mass is 793 g/mol. The van der Waals surface area contributed by atoms with Crippen LogP contribution in [-0.4, -0.2) is 59.3 Å². The lowest BCUT2D eigenvalue weighted by Gasteiger charge is -2.18. The zero-order valence-corrected chi connectivity index (χ0v) is 36.4. The van der Waals surface area contributed by atoms with Gasteiger partial charge in [-0.25, -0.2) is 4.79 Å². The summed E-state index contributed by atoms with van der Waals surface area (Å²) in [5.74, 6) is -2.28. The first kappa shape index (κ1) is 53.6. The molecule has 9 nitrogen and oxygen atoms in total. The first-order valence-electron chi connectivity index (χ1n) is 23.6. The van der Waals surface area contributed by atoms with Gasteiger partial charge in [-0.05, 0) is 64.2 Å². The molecule has 0 aromatic heterocycles. The molecule has 0 aliphatic rings. The van der Waals surface area contributed by atoms with Crippen molar-refractivity contribution in [2.24, 2.45) is 0 Å². The topological polar surface area (TPSA) is 142 Å². The molecule has 0 bridgehead atoms. The molecule has 0 saturated heterocycles. The Morgan fingerprint density at radius 2 is 0.911 bits per heavy atom. The van der Waals surface area contributed by atoms with Crippen LogP contribution in [0, 0.1) is 0 Å². The Hall–Kier alpha value is -2.42. The Bertz CT molecular complexity index is 957. The molecule has 0 aromatic carbocycles. The summed E-state index contributed by atoms with van der Waals surface area (Å²) >= 11 is 0. The van der Waals surface area contributed by atoms with Crippen molar-refractivity contribution in [1.29, 1.82) is 0 Å². The van der Waals surface area contributed by atoms with Gasteiger partial charge in [0, 0.05) is 12.8 Å². The highest BCUT2D eigenvalue weighted by Gasteiger charge is 2.19. The minimum absolute atomic E-state index is 0.0122. The minimum atomic E-state index is -1.38. The Balaban J connectivity index is 4.30. The Labute approximate surface area is 343 Å². The highest BCUT2D eigenvalue weighted by atomic mass is 16.5. The Morgan fingerprint density at radius 3 is 1.34 bits per heavy atom. The fourth-order valence-electron chi connectivity index (χ4n) is 7.12. The zero-order chi connectivity index (χ0) is 41.2. The molecule has 2 atom stereocenters. The van der Waals surface area contributed by atoms with Crippen molar-refractivity contribution in [1.82, 2.24) is 10.6 Å². The van der Waals surface area contributed by atoms with Gasteiger partial charge in [0.15, 0.2) is 0 Å². The third-order valence-corrected chi connectivity index (χ3v) is 10.8. The van der Waals surface area contributed by atoms with Gasteiger partial charge in [0.25, 0.3) is 0 Å². The molecule has 0 aliphatic carbocycles. The highest BCUT2D eigenvalue weighted by Crippen LogP contribution is 2.19. The van der Waals surface area contributed by atoms with E-state index in [9.17, 15) is 19.2 Å². The lowest BCUT2D eigenvalue weighted by atomic mass is 10.0. The number of carbonyl (C=O) groups excluding carboxylic acids is 3. The predicted molar refractivity (Wildman–Crippen MR) is 232 cm³/mol. The van der Waals surface area contributed by atoms with Gasteiger partial charge in [-0.1, -0.05) is 174 Å². The number of aliphatic hydroxyl groups is 1. The van der Waals surface area contributed by atoms with Gasteiger partial charge in [-0.2, -0.15) is 0 Å². The molecule has 0 radical (unpaired) electrons. The number of allylic oxidation sites excluding steroid dienone is 2. The van der Waals surface area contributed by atoms with Crippen LogP contribution < -0.4 is 10.6 Å². The highest BCUT2D eigenvalue weighted by molar-refractivity contribution is 5.87. The molecule has 2 amide bonds. The van der Waals surface area contributed by atoms with E-state index in [1.54, 1.807) is 0 Å². The smallest absolute Gasteiger partial charge is 0.328 e. The van der Waals surface area contributed by atoms with E-state index in [1.807, 2.05) is 0 Å². The number of nitrogens with one attached hydrogen (secondary N) is 2. The SMILES string of the molecule is CCCCCCCC/C=C\CCCCCCCC(=O)OC(CCCCCCCCCCCCCCC)CCCCCCCC(=O)NCC(=O)NC(CO)C(=O)O. The molecule has 0 fully saturated rings. The van der Waals surface area contributed by atoms with Gasteiger partial charge in [-0.3, -0.25) is 14.4 Å². The number of unbranched alkanes of at least 4 members (excludes halogenated alkanes) is 27. The van der Waals surface area contributed by atoms with Crippen molar-refractivity contribution in [3.05, 3.63) is 12.2 Å². The van der Waals surface area contributed by atoms with E-state index in [4.69, 9.17) is 14.9 Å². The van der Waals surface area contributed by atoms with Crippen LogP contribution in [0.15, 0.2) is 12.2 Å². The third kappa shape index (κ3) is 38.5. The molecule has 0 spiro atoms. The second kappa shape index (κ2) is 42.2. The van der Waals surface area contributed by atoms with Crippen LogP contribution in [0.5, 0.6) is 0 Å². The van der Waals surface area contributed by atoms with E-state index in [0.717, 1.165) is 57.8 Å². The number of carboxylic acid groups (broad SMARTS) is 1. The fourth-order valence-corrected chi connectivity index (χ4v) is 7.12. The van der Waals surface area contributed by atoms with Crippen LogP contribution in [0.25, 0.3) is 0 Å². The van der Waals surface area contributed by atoms with E-state index >= 15 is 0 Å². The number of aliphatic carboxylic acids is 1. The number of hydrogen-bond acceptors (Lipinski definition) is 6. The molecule has 0 rings (SSSR count). The van der Waals surface area contributed by atoms with Crippen molar-refractivity contribution in [2.45, 2.75) is 251 Å². The molecule has 2 unspecified atom stereocenters. The molecule has 0 aliphatic heterocycles. The van der Waals surface area contributed by atoms with Gasteiger partial charge >= 0.3 is 11.9 Å². The maximum Gasteiger partial charge on any atom is 0.328 e. The van der Waals surface area contributed by atoms with Gasteiger partial charge in [0.1, 0.15) is 12.1 Å². The second-order valence-electron chi connectivity index (χ2n) is 16.2. The molecule has 4 N–H and O–H groups in total. The lowest BCUT2D eigenvalue weighted by Crippen LogP contribution is -2.47. The maximum absolute atomic E-state index is 12.8. The predicted octanol–water partition coefficient (Wildman–Crippen LogP) is 11.8. The van der Waals surface area contributed by atoms with Crippen LogP contribution >= 0.6 is 0 Å². The summed E-state index contributed by atoms with van der Waals surface area (Å²) in [6.45, 7) is 3.50. The van der Waals surface area contributed by atoms with Crippen LogP contribution in [-0.2, 0) is 23.9 Å². The van der Waals surface area contributed by atoms with E-state index in [1.165, 1.54) is 148 Å². The Kier molecular flexibility index (Phi) is 40.4. The van der Waals surface area contributed by atoms with Crippen molar-refractivity contribution in [3.8, 4) is 0 Å². The zero-order valence-electron chi connectivity index (χ0n) is 36.4. The number of rotatable bonds is 43. The summed E-state index contributed by atoms with van der Waals surface area (Å²) in [7, 11) is 0. The van der Waals surface area contributed by atoms with Crippen molar-refractivity contribution >= 4 is 23.8 Å². The molecule has 0 saturated carbocycles. The number of carboxylic acids is 1. The van der Waals surface area contributed by atoms with Crippen molar-refractivity contribution in [3.63, 3.8) is 0 Å². The number of aliphatic hydroxyl groups excluding tert-OH is 1. The second-order valence-corrected chi connectivity index (χ2v) is 16.2. The minimum Gasteiger partial charge on any atom is -0.480 e. The van der Waals surface area contributed by atoms with Crippen LogP contribution in [0.2, 0.25) is 0 Å². The van der Waals surface area contributed by atoms with E-state index in [0.29, 0.717) is 19.3 Å². The summed E-state index contributed by atoms with van der Waals surface area (Å²) in [6.07, 6.45) is 45.2. The summed E-state index contributed by atoms with van der Waals surface area (Å²) in [4.78, 5) is 47.7. The summed E-state index contributed by atoms with van der Waals surface area (Å²) in [5.41, 5.74) is 0. The van der Waals surface area contributed by atoms with Crippen molar-refractivity contribution < 1.29 is 34.1 Å². The maximum atomic E-state index is 12.8. The van der Waals surface area contributed by atoms with Crippen molar-refractivity contribution in [2.75, 3.05) is 13.2 Å².